The van der Waals surface area contributed by atoms with Gasteiger partial charge in [-0.15, -0.1) is 0 Å². The molecular weight excluding hydrogens is 370 g/mol. The Morgan fingerprint density at radius 2 is 1.96 bits per heavy atom. The van der Waals surface area contributed by atoms with E-state index in [0.717, 1.165) is 6.07 Å². The number of rotatable bonds is 4. The molecule has 27 heavy (non-hydrogen) atoms. The Morgan fingerprint density at radius 3 is 2.63 bits per heavy atom. The van der Waals surface area contributed by atoms with Gasteiger partial charge in [0.1, 0.15) is 17.4 Å². The van der Waals surface area contributed by atoms with Gasteiger partial charge in [0.05, 0.1) is 33.8 Å². The molecule has 7 heteroatoms. The van der Waals surface area contributed by atoms with Crippen molar-refractivity contribution in [2.75, 3.05) is 5.75 Å². The van der Waals surface area contributed by atoms with Crippen molar-refractivity contribution in [3.63, 3.8) is 0 Å². The average Bonchev–Trinajstić information content (AvgIpc) is 2.59. The Morgan fingerprint density at radius 1 is 1.22 bits per heavy atom. The minimum absolute atomic E-state index is 0.00190. The standard InChI is InChI=1S/C20H16F2N2O2S/c1-11(2)10-27(26)19-4-3-12(9-23)5-14(19)16-8-18(25)20-15(22)6-13(21)7-17(20)24-16/h3-8,11H,10H2,1-2H3,(H,24,25). The normalized spacial score (nSPS) is 12.3. The van der Waals surface area contributed by atoms with Crippen molar-refractivity contribution in [1.82, 2.24) is 4.98 Å². The molecule has 0 amide bonds. The van der Waals surface area contributed by atoms with Crippen LogP contribution in [-0.4, -0.2) is 15.3 Å². The lowest BCUT2D eigenvalue weighted by molar-refractivity contribution is 0.581. The number of aromatic amines is 1. The first-order valence-electron chi connectivity index (χ1n) is 8.25. The molecule has 0 aliphatic rings. The van der Waals surface area contributed by atoms with Crippen LogP contribution in [-0.2, 0) is 11.2 Å². The van der Waals surface area contributed by atoms with Crippen LogP contribution in [0.3, 0.4) is 0 Å². The summed E-state index contributed by atoms with van der Waals surface area (Å²) in [6, 6.07) is 9.51. The number of hydrogen-bond donors (Lipinski definition) is 1. The van der Waals surface area contributed by atoms with Gasteiger partial charge >= 0.3 is 0 Å². The van der Waals surface area contributed by atoms with Gasteiger partial charge < -0.3 is 9.54 Å². The lowest BCUT2D eigenvalue weighted by Crippen LogP contribution is -2.14. The highest BCUT2D eigenvalue weighted by atomic mass is 32.2. The maximum absolute atomic E-state index is 14.0. The Bertz CT molecular complexity index is 1120. The summed E-state index contributed by atoms with van der Waals surface area (Å²) in [5.41, 5.74) is 0.345. The van der Waals surface area contributed by atoms with Gasteiger partial charge in [0.2, 0.25) is 0 Å². The molecule has 0 saturated carbocycles. The Balaban J connectivity index is 2.26. The molecule has 1 unspecified atom stereocenters. The van der Waals surface area contributed by atoms with Crippen molar-refractivity contribution in [2.24, 2.45) is 5.92 Å². The number of fused-ring (bicyclic) bond motifs is 1. The Kier molecular flexibility index (Phi) is 5.31. The first-order valence-corrected chi connectivity index (χ1v) is 9.57. The monoisotopic (exact) mass is 386 g/mol. The predicted molar refractivity (Wildman–Crippen MR) is 101 cm³/mol. The van der Waals surface area contributed by atoms with Gasteiger partial charge in [-0.25, -0.2) is 8.78 Å². The van der Waals surface area contributed by atoms with Crippen molar-refractivity contribution < 1.29 is 13.3 Å². The Labute approximate surface area is 157 Å². The summed E-state index contributed by atoms with van der Waals surface area (Å²) in [4.78, 5) is 15.7. The van der Waals surface area contributed by atoms with E-state index in [1.807, 2.05) is 19.9 Å². The fourth-order valence-electron chi connectivity index (χ4n) is 2.85. The summed E-state index contributed by atoms with van der Waals surface area (Å²) >= 11 is -1.36. The molecule has 1 atom stereocenters. The lowest BCUT2D eigenvalue weighted by atomic mass is 10.1. The molecule has 2 aromatic carbocycles. The highest BCUT2D eigenvalue weighted by molar-refractivity contribution is 7.91. The molecule has 1 heterocycles. The van der Waals surface area contributed by atoms with E-state index in [9.17, 15) is 23.4 Å². The van der Waals surface area contributed by atoms with Crippen LogP contribution in [0.2, 0.25) is 0 Å². The van der Waals surface area contributed by atoms with Crippen LogP contribution in [0.5, 0.6) is 0 Å². The van der Waals surface area contributed by atoms with Gasteiger partial charge in [-0.2, -0.15) is 5.26 Å². The molecule has 1 N–H and O–H groups in total. The molecule has 4 nitrogen and oxygen atoms in total. The average molecular weight is 386 g/mol. The van der Waals surface area contributed by atoms with Gasteiger partial charge in [0, 0.05) is 12.1 Å². The van der Waals surface area contributed by atoms with Crippen LogP contribution in [0.15, 0.2) is 46.1 Å². The molecule has 3 rings (SSSR count). The fourth-order valence-corrected chi connectivity index (χ4v) is 4.27. The van der Waals surface area contributed by atoms with Gasteiger partial charge in [0.25, 0.3) is 0 Å². The molecule has 0 aliphatic carbocycles. The van der Waals surface area contributed by atoms with Crippen molar-refractivity contribution in [1.29, 1.82) is 5.26 Å². The second-order valence-corrected chi connectivity index (χ2v) is 8.05. The van der Waals surface area contributed by atoms with E-state index >= 15 is 0 Å². The molecule has 3 aromatic rings. The van der Waals surface area contributed by atoms with E-state index in [4.69, 9.17) is 0 Å². The predicted octanol–water partition coefficient (Wildman–Crippen LogP) is 4.11. The van der Waals surface area contributed by atoms with Crippen LogP contribution in [0.4, 0.5) is 8.78 Å². The topological polar surface area (TPSA) is 79.7 Å². The summed E-state index contributed by atoms with van der Waals surface area (Å²) in [7, 11) is 0. The van der Waals surface area contributed by atoms with Gasteiger partial charge in [-0.3, -0.25) is 4.79 Å². The third-order valence-corrected chi connectivity index (χ3v) is 5.79. The molecule has 0 saturated heterocycles. The minimum atomic E-state index is -1.36. The van der Waals surface area contributed by atoms with Crippen molar-refractivity contribution in [3.8, 4) is 17.3 Å². The number of H-pyrrole nitrogens is 1. The van der Waals surface area contributed by atoms with Gasteiger partial charge in [-0.1, -0.05) is 13.8 Å². The number of nitrogens with one attached hydrogen (secondary N) is 1. The summed E-state index contributed by atoms with van der Waals surface area (Å²) in [6.07, 6.45) is 0. The number of nitrogens with zero attached hydrogens (tertiary/aromatic N) is 1. The lowest BCUT2D eigenvalue weighted by Gasteiger charge is -2.16. The van der Waals surface area contributed by atoms with Crippen molar-refractivity contribution >= 4 is 22.1 Å². The molecule has 0 radical (unpaired) electrons. The van der Waals surface area contributed by atoms with E-state index in [0.29, 0.717) is 27.8 Å². The van der Waals surface area contributed by atoms with Crippen molar-refractivity contribution in [3.05, 3.63) is 63.8 Å². The van der Waals surface area contributed by atoms with E-state index < -0.39 is 28.2 Å². The number of benzene rings is 2. The third kappa shape index (κ3) is 3.87. The van der Waals surface area contributed by atoms with Crippen LogP contribution < -0.4 is 5.43 Å². The van der Waals surface area contributed by atoms with Crippen LogP contribution >= 0.6 is 0 Å². The highest BCUT2D eigenvalue weighted by Crippen LogP contribution is 2.29. The molecular formula is C20H16F2N2O2S. The SMILES string of the molecule is CC(C)C[S+]([O-])c1ccc(C#N)cc1-c1cc(=O)c2c(F)cc(F)cc2[nH]1. The zero-order chi connectivity index (χ0) is 19.7. The summed E-state index contributed by atoms with van der Waals surface area (Å²) < 4.78 is 40.3. The van der Waals surface area contributed by atoms with Gasteiger partial charge in [-0.05, 0) is 41.4 Å². The molecule has 138 valence electrons. The van der Waals surface area contributed by atoms with E-state index in [-0.39, 0.29) is 22.5 Å². The number of hydrogen-bond acceptors (Lipinski definition) is 3. The second-order valence-electron chi connectivity index (χ2n) is 6.59. The molecule has 1 aromatic heterocycles. The summed E-state index contributed by atoms with van der Waals surface area (Å²) in [5, 5.41) is 8.94. The van der Waals surface area contributed by atoms with E-state index in [1.165, 1.54) is 12.1 Å². The molecule has 0 aliphatic heterocycles. The minimum Gasteiger partial charge on any atom is -0.611 e. The Hall–Kier alpha value is -2.69. The van der Waals surface area contributed by atoms with Crippen LogP contribution in [0.1, 0.15) is 19.4 Å². The fraction of sp³-hybridized carbons (Fsp3) is 0.200. The van der Waals surface area contributed by atoms with Crippen molar-refractivity contribution in [2.45, 2.75) is 18.7 Å². The number of halogens is 2. The number of aromatic nitrogens is 1. The van der Waals surface area contributed by atoms with E-state index in [1.54, 1.807) is 12.1 Å². The number of pyridine rings is 1. The van der Waals surface area contributed by atoms with E-state index in [2.05, 4.69) is 4.98 Å². The molecule has 0 bridgehead atoms. The maximum Gasteiger partial charge on any atom is 0.192 e. The number of nitriles is 1. The summed E-state index contributed by atoms with van der Waals surface area (Å²) in [5.74, 6) is -1.19. The van der Waals surface area contributed by atoms with Crippen LogP contribution in [0, 0.1) is 28.9 Å². The zero-order valence-electron chi connectivity index (χ0n) is 14.7. The van der Waals surface area contributed by atoms with Gasteiger partial charge in [0.15, 0.2) is 10.3 Å². The largest absolute Gasteiger partial charge is 0.611 e. The second kappa shape index (κ2) is 7.51. The quantitative estimate of drug-likeness (QED) is 0.685. The molecule has 0 spiro atoms. The molecule has 0 fully saturated rings. The maximum atomic E-state index is 14.0. The first kappa shape index (κ1) is 19.1. The van der Waals surface area contributed by atoms with Crippen LogP contribution in [0.25, 0.3) is 22.2 Å². The highest BCUT2D eigenvalue weighted by Gasteiger charge is 2.21. The third-order valence-electron chi connectivity index (χ3n) is 3.97. The smallest absolute Gasteiger partial charge is 0.192 e. The first-order chi connectivity index (χ1) is 12.8. The zero-order valence-corrected chi connectivity index (χ0v) is 15.5. The summed E-state index contributed by atoms with van der Waals surface area (Å²) in [6.45, 7) is 3.87.